The number of nitrogens with one attached hydrogen (secondary N) is 1. The second-order valence-electron chi connectivity index (χ2n) is 6.27. The Balaban J connectivity index is 2.34. The zero-order chi connectivity index (χ0) is 15.8. The number of nitrogens with two attached hydrogens (primary N) is 1. The molecule has 3 N–H and O–H groups in total. The van der Waals surface area contributed by atoms with E-state index in [0.29, 0.717) is 22.1 Å². The van der Waals surface area contributed by atoms with Crippen LogP contribution in [0.1, 0.15) is 49.3 Å². The van der Waals surface area contributed by atoms with Gasteiger partial charge in [0.05, 0.1) is 4.90 Å². The summed E-state index contributed by atoms with van der Waals surface area (Å²) in [4.78, 5) is 0.356. The van der Waals surface area contributed by atoms with Crippen LogP contribution in [0, 0.1) is 26.7 Å². The predicted octanol–water partition coefficient (Wildman–Crippen LogP) is 3.05. The fourth-order valence-electron chi connectivity index (χ4n) is 2.78. The van der Waals surface area contributed by atoms with Gasteiger partial charge in [-0.05, 0) is 62.3 Å². The topological polar surface area (TPSA) is 72.2 Å². The molecule has 1 unspecified atom stereocenters. The van der Waals surface area contributed by atoms with Gasteiger partial charge in [-0.15, -0.1) is 0 Å². The Hall–Kier alpha value is -1.07. The minimum atomic E-state index is -3.53. The second-order valence-corrected chi connectivity index (χ2v) is 7.92. The Morgan fingerprint density at radius 3 is 2.43 bits per heavy atom. The normalized spacial score (nSPS) is 17.0. The predicted molar refractivity (Wildman–Crippen MR) is 86.8 cm³/mol. The molecule has 0 aromatic heterocycles. The quantitative estimate of drug-likeness (QED) is 0.793. The summed E-state index contributed by atoms with van der Waals surface area (Å²) in [5.41, 5.74) is 8.83. The van der Waals surface area contributed by atoms with Crippen LogP contribution in [0.4, 0.5) is 5.69 Å². The van der Waals surface area contributed by atoms with Crippen molar-refractivity contribution in [3.8, 4) is 0 Å². The molecule has 21 heavy (non-hydrogen) atoms. The molecule has 5 heteroatoms. The van der Waals surface area contributed by atoms with Gasteiger partial charge in [0.1, 0.15) is 0 Å². The summed E-state index contributed by atoms with van der Waals surface area (Å²) >= 11 is 0. The van der Waals surface area contributed by atoms with E-state index in [4.69, 9.17) is 5.73 Å². The summed E-state index contributed by atoms with van der Waals surface area (Å²) in [6.45, 7) is 7.54. The summed E-state index contributed by atoms with van der Waals surface area (Å²) in [7, 11) is -3.53. The largest absolute Gasteiger partial charge is 0.398 e. The third kappa shape index (κ3) is 3.58. The van der Waals surface area contributed by atoms with Gasteiger partial charge in [0.25, 0.3) is 0 Å². The fraction of sp³-hybridized carbons (Fsp3) is 0.625. The van der Waals surface area contributed by atoms with Gasteiger partial charge in [-0.25, -0.2) is 13.1 Å². The van der Waals surface area contributed by atoms with Crippen molar-refractivity contribution in [3.63, 3.8) is 0 Å². The molecule has 118 valence electrons. The highest BCUT2D eigenvalue weighted by Crippen LogP contribution is 2.35. The average molecular weight is 310 g/mol. The fourth-order valence-corrected chi connectivity index (χ4v) is 4.68. The molecule has 0 saturated heterocycles. The van der Waals surface area contributed by atoms with Crippen molar-refractivity contribution < 1.29 is 8.42 Å². The van der Waals surface area contributed by atoms with Crippen LogP contribution < -0.4 is 10.5 Å². The Morgan fingerprint density at radius 2 is 1.90 bits per heavy atom. The van der Waals surface area contributed by atoms with E-state index in [1.165, 1.54) is 12.8 Å². The molecule has 0 amide bonds. The first-order chi connectivity index (χ1) is 9.76. The van der Waals surface area contributed by atoms with Gasteiger partial charge in [-0.1, -0.05) is 19.8 Å². The van der Waals surface area contributed by atoms with E-state index in [2.05, 4.69) is 4.72 Å². The van der Waals surface area contributed by atoms with E-state index in [0.717, 1.165) is 24.0 Å². The number of anilines is 1. The van der Waals surface area contributed by atoms with Crippen LogP contribution in [0.15, 0.2) is 11.0 Å². The van der Waals surface area contributed by atoms with E-state index >= 15 is 0 Å². The monoisotopic (exact) mass is 310 g/mol. The van der Waals surface area contributed by atoms with Crippen LogP contribution in [0.2, 0.25) is 0 Å². The van der Waals surface area contributed by atoms with Gasteiger partial charge in [-0.3, -0.25) is 0 Å². The zero-order valence-corrected chi connectivity index (χ0v) is 14.2. The summed E-state index contributed by atoms with van der Waals surface area (Å²) in [6, 6.07) is 1.86. The van der Waals surface area contributed by atoms with Gasteiger partial charge in [0.15, 0.2) is 0 Å². The molecule has 1 aliphatic rings. The third-order valence-corrected chi connectivity index (χ3v) is 6.27. The minimum Gasteiger partial charge on any atom is -0.398 e. The summed E-state index contributed by atoms with van der Waals surface area (Å²) < 4.78 is 28.4. The molecule has 0 radical (unpaired) electrons. The lowest BCUT2D eigenvalue weighted by atomic mass is 10.1. The number of hydrogen-bond donors (Lipinski definition) is 2. The molecule has 1 aromatic carbocycles. The van der Waals surface area contributed by atoms with Crippen molar-refractivity contribution in [2.75, 3.05) is 5.73 Å². The maximum absolute atomic E-state index is 12.8. The highest BCUT2D eigenvalue weighted by Gasteiger charge is 2.29. The van der Waals surface area contributed by atoms with Crippen LogP contribution in [0.3, 0.4) is 0 Å². The summed E-state index contributed by atoms with van der Waals surface area (Å²) in [5.74, 6) is 0.697. The lowest BCUT2D eigenvalue weighted by molar-refractivity contribution is 0.494. The number of aryl methyl sites for hydroxylation is 1. The molecule has 4 nitrogen and oxygen atoms in total. The molecule has 0 heterocycles. The van der Waals surface area contributed by atoms with E-state index in [1.54, 1.807) is 6.92 Å². The third-order valence-electron chi connectivity index (χ3n) is 4.48. The smallest absolute Gasteiger partial charge is 0.241 e. The van der Waals surface area contributed by atoms with E-state index in [9.17, 15) is 8.42 Å². The first kappa shape index (κ1) is 16.3. The highest BCUT2D eigenvalue weighted by atomic mass is 32.2. The van der Waals surface area contributed by atoms with Crippen molar-refractivity contribution in [1.82, 2.24) is 4.72 Å². The van der Waals surface area contributed by atoms with Gasteiger partial charge in [-0.2, -0.15) is 0 Å². The lowest BCUT2D eigenvalue weighted by Gasteiger charge is -2.20. The summed E-state index contributed by atoms with van der Waals surface area (Å²) in [5, 5.41) is 0. The second kappa shape index (κ2) is 5.97. The summed E-state index contributed by atoms with van der Waals surface area (Å²) in [6.07, 6.45) is 4.21. The molecule has 1 aliphatic carbocycles. The number of benzene rings is 1. The molecule has 0 spiro atoms. The van der Waals surface area contributed by atoms with Gasteiger partial charge in [0, 0.05) is 11.7 Å². The molecule has 1 fully saturated rings. The van der Waals surface area contributed by atoms with Crippen LogP contribution in [0.5, 0.6) is 0 Å². The Kier molecular flexibility index (Phi) is 4.63. The zero-order valence-electron chi connectivity index (χ0n) is 13.4. The Labute approximate surface area is 128 Å². The number of rotatable bonds is 6. The van der Waals surface area contributed by atoms with E-state index < -0.39 is 10.0 Å². The van der Waals surface area contributed by atoms with Gasteiger partial charge in [0.2, 0.25) is 10.0 Å². The van der Waals surface area contributed by atoms with Crippen molar-refractivity contribution in [1.29, 1.82) is 0 Å². The maximum Gasteiger partial charge on any atom is 0.241 e. The average Bonchev–Trinajstić information content (AvgIpc) is 3.19. The number of nitrogen functional groups attached to an aromatic ring is 1. The Bertz CT molecular complexity index is 608. The first-order valence-corrected chi connectivity index (χ1v) is 9.13. The maximum atomic E-state index is 12.8. The van der Waals surface area contributed by atoms with Crippen LogP contribution in [-0.4, -0.2) is 14.5 Å². The highest BCUT2D eigenvalue weighted by molar-refractivity contribution is 7.89. The van der Waals surface area contributed by atoms with Crippen LogP contribution in [-0.2, 0) is 10.0 Å². The first-order valence-electron chi connectivity index (χ1n) is 7.64. The number of hydrogen-bond acceptors (Lipinski definition) is 3. The number of sulfonamides is 1. The molecular weight excluding hydrogens is 284 g/mol. The molecule has 0 bridgehead atoms. The molecular formula is C16H26N2O2S. The molecule has 1 atom stereocenters. The minimum absolute atomic E-state index is 0.0167. The van der Waals surface area contributed by atoms with Crippen LogP contribution in [0.25, 0.3) is 0 Å². The van der Waals surface area contributed by atoms with Crippen molar-refractivity contribution in [2.24, 2.45) is 5.92 Å². The lowest BCUT2D eigenvalue weighted by Crippen LogP contribution is -2.35. The van der Waals surface area contributed by atoms with E-state index in [-0.39, 0.29) is 6.04 Å². The van der Waals surface area contributed by atoms with Gasteiger partial charge >= 0.3 is 0 Å². The SMILES string of the molecule is CCC(CC1CC1)NS(=O)(=O)c1c(C)c(C)cc(N)c1C. The van der Waals surface area contributed by atoms with Crippen LogP contribution >= 0.6 is 0 Å². The Morgan fingerprint density at radius 1 is 1.29 bits per heavy atom. The molecule has 2 rings (SSSR count). The van der Waals surface area contributed by atoms with Crippen molar-refractivity contribution in [3.05, 3.63) is 22.8 Å². The van der Waals surface area contributed by atoms with Crippen molar-refractivity contribution in [2.45, 2.75) is 64.3 Å². The van der Waals surface area contributed by atoms with E-state index in [1.807, 2.05) is 26.8 Å². The molecule has 0 aliphatic heterocycles. The van der Waals surface area contributed by atoms with Crippen molar-refractivity contribution >= 4 is 15.7 Å². The van der Waals surface area contributed by atoms with Gasteiger partial charge < -0.3 is 5.73 Å². The standard InChI is InChI=1S/C16H26N2O2S/c1-5-14(9-13-6-7-13)18-21(19,20)16-11(3)10(2)8-15(17)12(16)4/h8,13-14,18H,5-7,9,17H2,1-4H3. The molecule has 1 aromatic rings. The molecule has 1 saturated carbocycles.